The summed E-state index contributed by atoms with van der Waals surface area (Å²) in [5.41, 5.74) is 1.68. The van der Waals surface area contributed by atoms with Crippen molar-refractivity contribution in [3.05, 3.63) is 83.9 Å². The molecule has 0 spiro atoms. The summed E-state index contributed by atoms with van der Waals surface area (Å²) in [6.07, 6.45) is 3.63. The fourth-order valence-electron chi connectivity index (χ4n) is 3.79. The maximum atomic E-state index is 12.4. The minimum absolute atomic E-state index is 0.0145. The van der Waals surface area contributed by atoms with Gasteiger partial charge in [-0.3, -0.25) is 9.59 Å². The lowest BCUT2D eigenvalue weighted by atomic mass is 10.1. The summed E-state index contributed by atoms with van der Waals surface area (Å²) in [5.74, 6) is 0.190. The lowest BCUT2D eigenvalue weighted by molar-refractivity contribution is -0.137. The van der Waals surface area contributed by atoms with Gasteiger partial charge in [0.05, 0.1) is 24.5 Å². The molecule has 0 saturated carbocycles. The molecule has 0 aromatic heterocycles. The number of aryl methyl sites for hydroxylation is 1. The molecule has 0 aliphatic rings. The number of hydrogen-bond acceptors (Lipinski definition) is 6. The van der Waals surface area contributed by atoms with E-state index in [1.54, 1.807) is 6.07 Å². The van der Waals surface area contributed by atoms with Crippen LogP contribution in [-0.4, -0.2) is 47.0 Å². The van der Waals surface area contributed by atoms with Crippen LogP contribution in [0.15, 0.2) is 77.7 Å². The number of hydrogen-bond donors (Lipinski definition) is 3. The maximum Gasteiger partial charge on any atom is 0.335 e. The fraction of sp³-hybridized carbons (Fsp3) is 0.323. The van der Waals surface area contributed by atoms with Gasteiger partial charge in [0.2, 0.25) is 5.91 Å². The third-order valence-corrected chi connectivity index (χ3v) is 7.01. The number of carboxylic acids is 2. The highest BCUT2D eigenvalue weighted by Crippen LogP contribution is 2.30. The highest BCUT2D eigenvalue weighted by atomic mass is 32.2. The Bertz CT molecular complexity index is 1230. The highest BCUT2D eigenvalue weighted by Gasteiger charge is 2.12. The summed E-state index contributed by atoms with van der Waals surface area (Å²) in [6, 6.07) is 22.4. The minimum Gasteiger partial charge on any atom is -0.494 e. The molecule has 0 radical (unpaired) electrons. The summed E-state index contributed by atoms with van der Waals surface area (Å²) in [4.78, 5) is 35.2. The number of benzene rings is 3. The highest BCUT2D eigenvalue weighted by molar-refractivity contribution is 7.99. The van der Waals surface area contributed by atoms with Gasteiger partial charge in [-0.05, 0) is 80.1 Å². The molecule has 0 bridgehead atoms. The predicted octanol–water partition coefficient (Wildman–Crippen LogP) is 6.54. The number of aliphatic carboxylic acids is 1. The molecular weight excluding hydrogens is 530 g/mol. The monoisotopic (exact) mass is 565 g/mol. The van der Waals surface area contributed by atoms with E-state index < -0.39 is 11.9 Å². The van der Waals surface area contributed by atoms with Crippen molar-refractivity contribution in [3.8, 4) is 11.5 Å². The predicted molar refractivity (Wildman–Crippen MR) is 156 cm³/mol. The molecule has 40 heavy (non-hydrogen) atoms. The number of para-hydroxylation sites is 1. The molecule has 0 heterocycles. The number of anilines is 1. The van der Waals surface area contributed by atoms with Gasteiger partial charge in [0.1, 0.15) is 11.5 Å². The van der Waals surface area contributed by atoms with Gasteiger partial charge < -0.3 is 25.0 Å². The first kappa shape index (κ1) is 30.6. The van der Waals surface area contributed by atoms with E-state index in [4.69, 9.17) is 14.6 Å². The largest absolute Gasteiger partial charge is 0.494 e. The van der Waals surface area contributed by atoms with Crippen LogP contribution in [0, 0.1) is 0 Å². The number of ether oxygens (including phenoxy) is 2. The van der Waals surface area contributed by atoms with Crippen molar-refractivity contribution in [1.82, 2.24) is 0 Å². The molecular formula is C31H35NO7S. The number of aromatic carboxylic acids is 1. The Morgan fingerprint density at radius 3 is 2.05 bits per heavy atom. The van der Waals surface area contributed by atoms with Gasteiger partial charge in [0.25, 0.3) is 0 Å². The molecule has 3 aromatic carbocycles. The van der Waals surface area contributed by atoms with E-state index in [9.17, 15) is 19.5 Å². The second kappa shape index (κ2) is 16.9. The summed E-state index contributed by atoms with van der Waals surface area (Å²) in [6.45, 7) is 1.27. The second-order valence-electron chi connectivity index (χ2n) is 9.12. The van der Waals surface area contributed by atoms with Crippen LogP contribution in [0.4, 0.5) is 5.69 Å². The summed E-state index contributed by atoms with van der Waals surface area (Å²) in [5, 5.41) is 20.9. The lowest BCUT2D eigenvalue weighted by Gasteiger charge is -2.12. The van der Waals surface area contributed by atoms with Crippen LogP contribution in [0.25, 0.3) is 0 Å². The van der Waals surface area contributed by atoms with Crippen LogP contribution in [0.5, 0.6) is 11.5 Å². The smallest absolute Gasteiger partial charge is 0.335 e. The standard InChI is InChI=1S/C31H35NO7S/c33-29(10-4-5-11-30(34)35)32-27-22-24(31(36)37)14-17-28(27)40-21-18-23-12-15-26(16-13-23)39-20-7-6-19-38-25-8-2-1-3-9-25/h1-3,8-9,12-17,22H,4-7,10-11,18-21H2,(H,32,33)(H,34,35)(H,36,37). The summed E-state index contributed by atoms with van der Waals surface area (Å²) in [7, 11) is 0. The van der Waals surface area contributed by atoms with Crippen molar-refractivity contribution in [2.24, 2.45) is 0 Å². The first-order chi connectivity index (χ1) is 19.4. The second-order valence-corrected chi connectivity index (χ2v) is 10.3. The van der Waals surface area contributed by atoms with E-state index in [2.05, 4.69) is 5.32 Å². The Morgan fingerprint density at radius 1 is 0.750 bits per heavy atom. The van der Waals surface area contributed by atoms with E-state index in [0.717, 1.165) is 47.0 Å². The molecule has 9 heteroatoms. The normalized spacial score (nSPS) is 10.6. The number of rotatable bonds is 18. The minimum atomic E-state index is -1.07. The summed E-state index contributed by atoms with van der Waals surface area (Å²) < 4.78 is 11.5. The van der Waals surface area contributed by atoms with E-state index in [-0.39, 0.29) is 24.3 Å². The van der Waals surface area contributed by atoms with Crippen LogP contribution in [0.3, 0.4) is 0 Å². The van der Waals surface area contributed by atoms with Crippen LogP contribution >= 0.6 is 11.8 Å². The summed E-state index contributed by atoms with van der Waals surface area (Å²) >= 11 is 1.53. The number of carbonyl (C=O) groups excluding carboxylic acids is 1. The topological polar surface area (TPSA) is 122 Å². The Kier molecular flexibility index (Phi) is 12.9. The SMILES string of the molecule is O=C(O)CCCCC(=O)Nc1cc(C(=O)O)ccc1SCCc1ccc(OCCCCOc2ccccc2)cc1. The van der Waals surface area contributed by atoms with Gasteiger partial charge in [-0.25, -0.2) is 4.79 Å². The maximum absolute atomic E-state index is 12.4. The van der Waals surface area contributed by atoms with Crippen LogP contribution in [0.2, 0.25) is 0 Å². The Morgan fingerprint density at radius 2 is 1.40 bits per heavy atom. The molecule has 3 N–H and O–H groups in total. The number of carboxylic acid groups (broad SMARTS) is 2. The van der Waals surface area contributed by atoms with E-state index in [0.29, 0.717) is 31.7 Å². The molecule has 0 atom stereocenters. The molecule has 0 aliphatic heterocycles. The average molecular weight is 566 g/mol. The van der Waals surface area contributed by atoms with Crippen molar-refractivity contribution < 1.29 is 34.1 Å². The van der Waals surface area contributed by atoms with Gasteiger partial charge in [-0.2, -0.15) is 0 Å². The Hall–Kier alpha value is -3.98. The van der Waals surface area contributed by atoms with Crippen LogP contribution in [0.1, 0.15) is 54.4 Å². The number of thioether (sulfide) groups is 1. The van der Waals surface area contributed by atoms with Crippen molar-refractivity contribution in [3.63, 3.8) is 0 Å². The van der Waals surface area contributed by atoms with Crippen molar-refractivity contribution in [2.45, 2.75) is 49.8 Å². The van der Waals surface area contributed by atoms with E-state index in [1.807, 2.05) is 54.6 Å². The third-order valence-electron chi connectivity index (χ3n) is 5.94. The van der Waals surface area contributed by atoms with Crippen LogP contribution < -0.4 is 14.8 Å². The van der Waals surface area contributed by atoms with E-state index in [1.165, 1.54) is 23.9 Å². The molecule has 212 valence electrons. The van der Waals surface area contributed by atoms with E-state index >= 15 is 0 Å². The van der Waals surface area contributed by atoms with Gasteiger partial charge >= 0.3 is 11.9 Å². The quantitative estimate of drug-likeness (QED) is 0.117. The Balaban J connectivity index is 1.41. The van der Waals surface area contributed by atoms with Crippen molar-refractivity contribution in [2.75, 3.05) is 24.3 Å². The molecule has 0 fully saturated rings. The third kappa shape index (κ3) is 11.4. The Labute approximate surface area is 238 Å². The molecule has 0 unspecified atom stereocenters. The molecule has 1 amide bonds. The molecule has 3 rings (SSSR count). The van der Waals surface area contributed by atoms with Crippen molar-refractivity contribution >= 4 is 35.3 Å². The zero-order valence-electron chi connectivity index (χ0n) is 22.3. The molecule has 3 aromatic rings. The molecule has 0 saturated heterocycles. The molecule has 0 aliphatic carbocycles. The van der Waals surface area contributed by atoms with Gasteiger partial charge in [0, 0.05) is 23.5 Å². The number of carbonyl (C=O) groups is 3. The van der Waals surface area contributed by atoms with Crippen molar-refractivity contribution in [1.29, 1.82) is 0 Å². The van der Waals surface area contributed by atoms with Crippen LogP contribution in [-0.2, 0) is 16.0 Å². The first-order valence-electron chi connectivity index (χ1n) is 13.3. The number of amides is 1. The zero-order chi connectivity index (χ0) is 28.6. The number of nitrogens with one attached hydrogen (secondary N) is 1. The number of unbranched alkanes of at least 4 members (excludes halogenated alkanes) is 2. The first-order valence-corrected chi connectivity index (χ1v) is 14.3. The van der Waals surface area contributed by atoms with Gasteiger partial charge in [-0.15, -0.1) is 11.8 Å². The lowest BCUT2D eigenvalue weighted by Crippen LogP contribution is -2.13. The molecule has 8 nitrogen and oxygen atoms in total. The zero-order valence-corrected chi connectivity index (χ0v) is 23.2. The fourth-order valence-corrected chi connectivity index (χ4v) is 4.78. The van der Waals surface area contributed by atoms with Gasteiger partial charge in [0.15, 0.2) is 0 Å². The van der Waals surface area contributed by atoms with Gasteiger partial charge in [-0.1, -0.05) is 30.3 Å². The average Bonchev–Trinajstić information content (AvgIpc) is 2.95.